The van der Waals surface area contributed by atoms with Crippen molar-refractivity contribution in [3.05, 3.63) is 35.9 Å². The molecule has 0 saturated carbocycles. The van der Waals surface area contributed by atoms with Gasteiger partial charge in [-0.15, -0.1) is 0 Å². The van der Waals surface area contributed by atoms with Gasteiger partial charge in [-0.25, -0.2) is 0 Å². The average Bonchev–Trinajstić information content (AvgIpc) is 3.06. The summed E-state index contributed by atoms with van der Waals surface area (Å²) in [4.78, 5) is 0. The molecule has 1 fully saturated rings. The number of hydrogen-bond donors (Lipinski definition) is 0. The fourth-order valence-corrected chi connectivity index (χ4v) is 7.18. The molecule has 0 radical (unpaired) electrons. The number of hydrogen-bond acceptors (Lipinski definition) is 3. The van der Waals surface area contributed by atoms with E-state index in [0.717, 1.165) is 12.8 Å². The molecule has 1 aromatic rings. The van der Waals surface area contributed by atoms with E-state index in [1.165, 1.54) is 49.4 Å². The first kappa shape index (κ1) is 23.6. The Labute approximate surface area is 174 Å². The summed E-state index contributed by atoms with van der Waals surface area (Å²) in [6.07, 6.45) is 7.50. The molecule has 2 rings (SSSR count). The van der Waals surface area contributed by atoms with Crippen LogP contribution in [0.2, 0.25) is 18.1 Å². The Bertz CT molecular complexity index is 534. The minimum atomic E-state index is -1.58. The molecule has 2 unspecified atom stereocenters. The summed E-state index contributed by atoms with van der Waals surface area (Å²) < 4.78 is 18.7. The van der Waals surface area contributed by atoms with E-state index >= 15 is 0 Å². The lowest BCUT2D eigenvalue weighted by Gasteiger charge is -2.34. The molecular weight excluding hydrogens is 364 g/mol. The van der Waals surface area contributed by atoms with E-state index in [1.807, 2.05) is 13.8 Å². The van der Waals surface area contributed by atoms with Gasteiger partial charge in [-0.1, -0.05) is 57.5 Å². The van der Waals surface area contributed by atoms with Gasteiger partial charge in [0.25, 0.3) is 0 Å². The predicted octanol–water partition coefficient (Wildman–Crippen LogP) is 6.72. The van der Waals surface area contributed by atoms with Gasteiger partial charge in [0.2, 0.25) is 0 Å². The molecule has 3 nitrogen and oxygen atoms in total. The van der Waals surface area contributed by atoms with E-state index in [2.05, 4.69) is 51.1 Å². The van der Waals surface area contributed by atoms with Crippen LogP contribution in [-0.2, 0) is 20.3 Å². The maximum Gasteiger partial charge on any atom is 0.192 e. The van der Waals surface area contributed by atoms with Crippen molar-refractivity contribution in [2.75, 3.05) is 6.61 Å². The van der Waals surface area contributed by atoms with Gasteiger partial charge in [0.05, 0.1) is 12.7 Å². The number of aryl methyl sites for hydroxylation is 1. The van der Waals surface area contributed by atoms with Crippen LogP contribution >= 0.6 is 0 Å². The van der Waals surface area contributed by atoms with Crippen LogP contribution in [0.25, 0.3) is 0 Å². The van der Waals surface area contributed by atoms with Crippen LogP contribution in [0.15, 0.2) is 30.3 Å². The highest BCUT2D eigenvalue weighted by Crippen LogP contribution is 2.30. The van der Waals surface area contributed by atoms with Crippen molar-refractivity contribution in [1.82, 2.24) is 0 Å². The zero-order valence-corrected chi connectivity index (χ0v) is 19.8. The Kier molecular flexibility index (Phi) is 9.68. The summed E-state index contributed by atoms with van der Waals surface area (Å²) in [6, 6.07) is 14.5. The Morgan fingerprint density at radius 3 is 2.29 bits per heavy atom. The minimum Gasteiger partial charge on any atom is -0.414 e. The van der Waals surface area contributed by atoms with Crippen molar-refractivity contribution in [2.45, 2.75) is 109 Å². The maximum absolute atomic E-state index is 6.89. The van der Waals surface area contributed by atoms with Gasteiger partial charge in [0.1, 0.15) is 0 Å². The molecule has 0 N–H and O–H groups in total. The molecule has 160 valence electrons. The van der Waals surface area contributed by atoms with Crippen molar-refractivity contribution in [2.24, 2.45) is 0 Å². The van der Waals surface area contributed by atoms with Gasteiger partial charge in [-0.05, 0) is 69.6 Å². The maximum atomic E-state index is 6.89. The predicted molar refractivity (Wildman–Crippen MR) is 120 cm³/mol. The fraction of sp³-hybridized carbons (Fsp3) is 0.750. The van der Waals surface area contributed by atoms with Gasteiger partial charge in [-0.3, -0.25) is 0 Å². The molecule has 0 aliphatic carbocycles. The minimum absolute atomic E-state index is 0.214. The van der Waals surface area contributed by atoms with E-state index in [9.17, 15) is 0 Å². The molecule has 1 aliphatic heterocycles. The van der Waals surface area contributed by atoms with Crippen LogP contribution in [0, 0.1) is 0 Å². The third kappa shape index (κ3) is 7.62. The molecule has 4 heteroatoms. The lowest BCUT2D eigenvalue weighted by atomic mass is 10.0. The molecular formula is C24H42O3Si. The third-order valence-electron chi connectivity index (χ3n) is 6.31. The van der Waals surface area contributed by atoms with Crippen molar-refractivity contribution in [1.29, 1.82) is 0 Å². The molecule has 0 bridgehead atoms. The van der Waals surface area contributed by atoms with Gasteiger partial charge in [0.15, 0.2) is 14.1 Å². The van der Waals surface area contributed by atoms with E-state index in [0.29, 0.717) is 12.7 Å². The van der Waals surface area contributed by atoms with Crippen molar-refractivity contribution < 1.29 is 13.9 Å². The molecule has 1 saturated heterocycles. The molecule has 0 spiro atoms. The Morgan fingerprint density at radius 2 is 1.71 bits per heavy atom. The number of unbranched alkanes of at least 4 members (excludes halogenated alkanes) is 1. The largest absolute Gasteiger partial charge is 0.414 e. The standard InChI is InChI=1S/C24H42O3Si/c1-6-28(7-2,8-3)27-22(18-19-23-20-25-24(4,5)26-23)17-13-12-16-21-14-10-9-11-15-21/h9-11,14-15,22-23H,6-8,12-13,16-20H2,1-5H3. The molecule has 2 atom stereocenters. The second-order valence-electron chi connectivity index (χ2n) is 8.74. The highest BCUT2D eigenvalue weighted by Gasteiger charge is 2.35. The number of benzene rings is 1. The Balaban J connectivity index is 1.85. The summed E-state index contributed by atoms with van der Waals surface area (Å²) in [7, 11) is -1.58. The summed E-state index contributed by atoms with van der Waals surface area (Å²) in [5.41, 5.74) is 1.44. The van der Waals surface area contributed by atoms with E-state index in [-0.39, 0.29) is 6.10 Å². The van der Waals surface area contributed by atoms with Crippen LogP contribution in [0.3, 0.4) is 0 Å². The van der Waals surface area contributed by atoms with Crippen molar-refractivity contribution in [3.63, 3.8) is 0 Å². The summed E-state index contributed by atoms with van der Waals surface area (Å²) >= 11 is 0. The normalized spacial score (nSPS) is 20.4. The van der Waals surface area contributed by atoms with Crippen LogP contribution in [0.4, 0.5) is 0 Å². The molecule has 1 heterocycles. The van der Waals surface area contributed by atoms with Crippen LogP contribution < -0.4 is 0 Å². The molecule has 0 aromatic heterocycles. The topological polar surface area (TPSA) is 27.7 Å². The average molecular weight is 407 g/mol. The van der Waals surface area contributed by atoms with E-state index in [4.69, 9.17) is 13.9 Å². The van der Waals surface area contributed by atoms with Crippen molar-refractivity contribution in [3.8, 4) is 0 Å². The lowest BCUT2D eigenvalue weighted by molar-refractivity contribution is -0.139. The van der Waals surface area contributed by atoms with Gasteiger partial charge in [-0.2, -0.15) is 0 Å². The third-order valence-corrected chi connectivity index (χ3v) is 11.0. The number of ether oxygens (including phenoxy) is 2. The SMILES string of the molecule is CC[Si](CC)(CC)OC(CCCCc1ccccc1)CCC1COC(C)(C)O1. The quantitative estimate of drug-likeness (QED) is 0.269. The Morgan fingerprint density at radius 1 is 1.04 bits per heavy atom. The van der Waals surface area contributed by atoms with Crippen LogP contribution in [-0.4, -0.2) is 32.9 Å². The summed E-state index contributed by atoms with van der Waals surface area (Å²) in [5, 5.41) is 0. The first-order valence-corrected chi connectivity index (χ1v) is 14.0. The second-order valence-corrected chi connectivity index (χ2v) is 13.5. The molecule has 1 aliphatic rings. The van der Waals surface area contributed by atoms with Crippen LogP contribution in [0.1, 0.15) is 72.3 Å². The monoisotopic (exact) mass is 406 g/mol. The summed E-state index contributed by atoms with van der Waals surface area (Å²) in [5.74, 6) is -0.425. The summed E-state index contributed by atoms with van der Waals surface area (Å²) in [6.45, 7) is 11.7. The molecule has 1 aromatic carbocycles. The number of rotatable bonds is 13. The Hall–Kier alpha value is -0.683. The molecule has 28 heavy (non-hydrogen) atoms. The van der Waals surface area contributed by atoms with E-state index in [1.54, 1.807) is 0 Å². The fourth-order valence-electron chi connectivity index (χ4n) is 4.24. The second kappa shape index (κ2) is 11.5. The lowest BCUT2D eigenvalue weighted by Crippen LogP contribution is -2.40. The highest BCUT2D eigenvalue weighted by atomic mass is 28.4. The van der Waals surface area contributed by atoms with Gasteiger partial charge < -0.3 is 13.9 Å². The zero-order valence-electron chi connectivity index (χ0n) is 18.8. The smallest absolute Gasteiger partial charge is 0.192 e. The van der Waals surface area contributed by atoms with Crippen LogP contribution in [0.5, 0.6) is 0 Å². The highest BCUT2D eigenvalue weighted by molar-refractivity contribution is 6.73. The van der Waals surface area contributed by atoms with Gasteiger partial charge >= 0.3 is 0 Å². The molecule has 0 amide bonds. The van der Waals surface area contributed by atoms with E-state index < -0.39 is 14.1 Å². The first-order valence-electron chi connectivity index (χ1n) is 11.5. The van der Waals surface area contributed by atoms with Gasteiger partial charge in [0, 0.05) is 6.10 Å². The van der Waals surface area contributed by atoms with Crippen molar-refractivity contribution >= 4 is 8.32 Å². The first-order chi connectivity index (χ1) is 13.4. The zero-order chi connectivity index (χ0) is 20.5.